The van der Waals surface area contributed by atoms with E-state index >= 15 is 0 Å². The molecule has 0 bridgehead atoms. The topological polar surface area (TPSA) is 291 Å². The zero-order valence-corrected chi connectivity index (χ0v) is 23.3. The number of aliphatic hydroxyl groups excluding tert-OH is 2. The summed E-state index contributed by atoms with van der Waals surface area (Å²) < 4.78 is 54.6. The van der Waals surface area contributed by atoms with Gasteiger partial charge in [-0.05, 0) is 26.4 Å². The van der Waals surface area contributed by atoms with E-state index in [4.69, 9.17) is 10.5 Å². The van der Waals surface area contributed by atoms with Crippen molar-refractivity contribution in [3.05, 3.63) is 12.7 Å². The molecule has 6 N–H and O–H groups in total. The number of anilines is 1. The summed E-state index contributed by atoms with van der Waals surface area (Å²) in [6.07, 6.45) is -1.07. The summed E-state index contributed by atoms with van der Waals surface area (Å²) >= 11 is 0. The number of hydrogen-bond donors (Lipinski definition) is 5. The van der Waals surface area contributed by atoms with Crippen LogP contribution >= 0.6 is 23.4 Å². The molecule has 0 amide bonds. The molecule has 3 heterocycles. The molecule has 0 radical (unpaired) electrons. The lowest BCUT2D eigenvalue weighted by molar-refractivity contribution is -0.246. The van der Waals surface area contributed by atoms with E-state index in [1.807, 2.05) is 5.09 Å². The van der Waals surface area contributed by atoms with Crippen LogP contribution in [0.2, 0.25) is 0 Å². The van der Waals surface area contributed by atoms with E-state index in [1.165, 1.54) is 10.9 Å². The third-order valence-corrected chi connectivity index (χ3v) is 9.80. The number of nitrogen functional groups attached to an aromatic ring is 1. The average Bonchev–Trinajstić information content (AvgIpc) is 3.37. The Hall–Kier alpha value is -1.40. The van der Waals surface area contributed by atoms with Crippen molar-refractivity contribution in [3.8, 4) is 0 Å². The van der Waals surface area contributed by atoms with Gasteiger partial charge in [-0.3, -0.25) is 27.7 Å². The van der Waals surface area contributed by atoms with E-state index in [1.54, 1.807) is 7.05 Å². The van der Waals surface area contributed by atoms with Gasteiger partial charge >= 0.3 is 0 Å². The van der Waals surface area contributed by atoms with Crippen molar-refractivity contribution in [1.82, 2.24) is 29.9 Å². The molecule has 0 aromatic carbocycles. The Labute approximate surface area is 222 Å². The maximum absolute atomic E-state index is 12.1. The van der Waals surface area contributed by atoms with Crippen LogP contribution in [0, 0.1) is 0 Å². The zero-order chi connectivity index (χ0) is 28.8. The lowest BCUT2D eigenvalue weighted by Gasteiger charge is -2.35. The fourth-order valence-corrected chi connectivity index (χ4v) is 7.24. The first-order valence-electron chi connectivity index (χ1n) is 11.6. The molecular weight excluding hydrogens is 587 g/mol. The fraction of sp³-hybridized carbons (Fsp3) is 0.706. The summed E-state index contributed by atoms with van der Waals surface area (Å²) in [7, 11) is -15.1. The quantitative estimate of drug-likeness (QED) is 0.0992. The summed E-state index contributed by atoms with van der Waals surface area (Å²) in [5.41, 5.74) is 6.04. The minimum absolute atomic E-state index is 0.0402. The van der Waals surface area contributed by atoms with Gasteiger partial charge in [-0.15, -0.1) is 0 Å². The minimum Gasteiger partial charge on any atom is -0.766 e. The van der Waals surface area contributed by atoms with Gasteiger partial charge < -0.3 is 45.2 Å². The van der Waals surface area contributed by atoms with Gasteiger partial charge in [0, 0.05) is 6.54 Å². The Kier molecular flexibility index (Phi) is 11.1. The van der Waals surface area contributed by atoms with Crippen LogP contribution in [0.4, 0.5) is 5.82 Å². The molecule has 5 unspecified atom stereocenters. The second kappa shape index (κ2) is 13.5. The number of nitrogens with two attached hydrogens (primary N) is 1. The number of phosphoric ester groups is 1. The van der Waals surface area contributed by atoms with E-state index in [9.17, 15) is 38.6 Å². The Morgan fingerprint density at radius 3 is 2.41 bits per heavy atom. The van der Waals surface area contributed by atoms with Crippen LogP contribution in [-0.2, 0) is 31.6 Å². The van der Waals surface area contributed by atoms with Gasteiger partial charge in [0.15, 0.2) is 17.7 Å². The predicted octanol–water partition coefficient (Wildman–Crippen LogP) is -2.15. The summed E-state index contributed by atoms with van der Waals surface area (Å²) in [5, 5.41) is 25.5. The molecule has 2 aromatic heterocycles. The predicted molar refractivity (Wildman–Crippen MR) is 127 cm³/mol. The van der Waals surface area contributed by atoms with Crippen molar-refractivity contribution in [1.29, 1.82) is 0 Å². The number of nitrogens with zero attached hydrogens (tertiary/aromatic N) is 4. The van der Waals surface area contributed by atoms with Crippen LogP contribution in [0.1, 0.15) is 31.9 Å². The summed E-state index contributed by atoms with van der Waals surface area (Å²) in [5.74, 6) is 0.0402. The van der Waals surface area contributed by atoms with E-state index in [-0.39, 0.29) is 23.5 Å². The highest BCUT2D eigenvalue weighted by molar-refractivity contribution is 7.66. The maximum Gasteiger partial charge on any atom is 0.280 e. The number of hydrogen-bond acceptors (Lipinski definition) is 17. The average molecular weight is 616 g/mol. The lowest BCUT2D eigenvalue weighted by atomic mass is 10.1. The third-order valence-electron chi connectivity index (χ3n) is 5.46. The Balaban J connectivity index is 1.51. The number of imidazole rings is 1. The first-order chi connectivity index (χ1) is 18.3. The van der Waals surface area contributed by atoms with Crippen LogP contribution < -0.4 is 30.8 Å². The number of ether oxygens (including phenoxy) is 1. The first kappa shape index (κ1) is 32.1. The normalized spacial score (nSPS) is 26.3. The second-order valence-corrected chi connectivity index (χ2v) is 13.1. The summed E-state index contributed by atoms with van der Waals surface area (Å²) in [6, 6.07) is 0. The molecule has 0 aliphatic carbocycles. The number of phosphoric acid groups is 2. The molecule has 0 saturated carbocycles. The van der Waals surface area contributed by atoms with E-state index in [0.717, 1.165) is 25.7 Å². The summed E-state index contributed by atoms with van der Waals surface area (Å²) in [4.78, 5) is 47.6. The molecule has 222 valence electrons. The Morgan fingerprint density at radius 2 is 1.72 bits per heavy atom. The maximum atomic E-state index is 12.1. The van der Waals surface area contributed by atoms with Crippen LogP contribution in [0.15, 0.2) is 12.7 Å². The number of nitrogens with one attached hydrogen (secondary N) is 2. The molecule has 39 heavy (non-hydrogen) atoms. The van der Waals surface area contributed by atoms with E-state index in [0.29, 0.717) is 12.8 Å². The van der Waals surface area contributed by atoms with Crippen molar-refractivity contribution >= 4 is 40.4 Å². The molecule has 1 fully saturated rings. The summed E-state index contributed by atoms with van der Waals surface area (Å²) in [6.45, 7) is -0.360. The smallest absolute Gasteiger partial charge is 0.280 e. The highest BCUT2D eigenvalue weighted by atomic mass is 31.3. The van der Waals surface area contributed by atoms with Crippen molar-refractivity contribution in [2.45, 2.75) is 50.2 Å². The van der Waals surface area contributed by atoms with Crippen molar-refractivity contribution in [2.75, 3.05) is 32.5 Å². The molecule has 7 atom stereocenters. The van der Waals surface area contributed by atoms with Gasteiger partial charge in [0.05, 0.1) is 12.9 Å². The first-order valence-corrected chi connectivity index (χ1v) is 16.1. The largest absolute Gasteiger partial charge is 0.766 e. The van der Waals surface area contributed by atoms with Gasteiger partial charge in [0.25, 0.3) is 15.6 Å². The van der Waals surface area contributed by atoms with E-state index in [2.05, 4.69) is 33.4 Å². The standard InChI is InChI=1S/C17H32N7O12P3/c1-19-6-4-2-3-5-7-23-37(27,28)35-39(31,32)36-38(29,30)33-8-11-13(25)14(26)17(34-11)24-10-22-12-15(18)20-9-21-16(12)24/h9-11,13-14,17,19,25-26H,2-8H2,1H3,(H,29,30)(H,31,32)(H2,18,20,21)(H2,23,27,28)/p-3/t11-,13?,14?,17-/m1/s1. The number of aromatic nitrogens is 4. The van der Waals surface area contributed by atoms with Gasteiger partial charge in [-0.25, -0.2) is 19.3 Å². The minimum atomic E-state index is -5.97. The van der Waals surface area contributed by atoms with Gasteiger partial charge in [0.2, 0.25) is 7.75 Å². The zero-order valence-electron chi connectivity index (χ0n) is 20.6. The Morgan fingerprint density at radius 1 is 1.03 bits per heavy atom. The fourth-order valence-electron chi connectivity index (χ4n) is 3.64. The molecule has 1 saturated heterocycles. The highest BCUT2D eigenvalue weighted by Crippen LogP contribution is 2.61. The lowest BCUT2D eigenvalue weighted by Crippen LogP contribution is -2.34. The van der Waals surface area contributed by atoms with Crippen LogP contribution in [0.3, 0.4) is 0 Å². The van der Waals surface area contributed by atoms with Gasteiger partial charge in [0.1, 0.15) is 30.2 Å². The molecule has 0 spiro atoms. The van der Waals surface area contributed by atoms with Gasteiger partial charge in [-0.2, -0.15) is 0 Å². The van der Waals surface area contributed by atoms with Crippen LogP contribution in [0.5, 0.6) is 0 Å². The molecule has 22 heteroatoms. The van der Waals surface area contributed by atoms with Crippen molar-refractivity contribution < 1.29 is 56.5 Å². The molecule has 1 aliphatic rings. The second-order valence-electron chi connectivity index (χ2n) is 8.41. The van der Waals surface area contributed by atoms with E-state index < -0.39 is 54.5 Å². The monoisotopic (exact) mass is 616 g/mol. The molecular formula is C17H29N7O12P3-3. The number of aliphatic hydroxyl groups is 2. The van der Waals surface area contributed by atoms with Crippen LogP contribution in [0.25, 0.3) is 11.2 Å². The van der Waals surface area contributed by atoms with Crippen molar-refractivity contribution in [3.63, 3.8) is 0 Å². The number of unbranched alkanes of at least 4 members (excludes halogenated alkanes) is 3. The van der Waals surface area contributed by atoms with Crippen molar-refractivity contribution in [2.24, 2.45) is 0 Å². The van der Waals surface area contributed by atoms with Gasteiger partial charge in [-0.1, -0.05) is 12.8 Å². The molecule has 1 aliphatic heterocycles. The molecule has 3 rings (SSSR count). The SMILES string of the molecule is CNCCCCCCNP(=O)([O-])OP(=O)([O-])OP(=O)([O-])OC[C@H]1O[C@@H](n2cnc3c(N)ncnc32)C(O)C1O. The van der Waals surface area contributed by atoms with Crippen LogP contribution in [-0.4, -0.2) is 74.8 Å². The molecule has 19 nitrogen and oxygen atoms in total. The number of rotatable bonds is 16. The molecule has 2 aromatic rings. The third kappa shape index (κ3) is 9.05. The Bertz CT molecular complexity index is 1250. The highest BCUT2D eigenvalue weighted by Gasteiger charge is 2.45. The number of fused-ring (bicyclic) bond motifs is 1.